The number of nitrogens with zero attached hydrogens (tertiary/aromatic N) is 1. The van der Waals surface area contributed by atoms with Gasteiger partial charge in [-0.1, -0.05) is 36.2 Å². The van der Waals surface area contributed by atoms with Crippen LogP contribution in [-0.4, -0.2) is 4.98 Å². The predicted octanol–water partition coefficient (Wildman–Crippen LogP) is 2.95. The highest BCUT2D eigenvalue weighted by Crippen LogP contribution is 2.16. The third-order valence-corrected chi connectivity index (χ3v) is 1.81. The highest BCUT2D eigenvalue weighted by atomic mass is 35.5. The van der Waals surface area contributed by atoms with Gasteiger partial charge in [-0.2, -0.15) is 0 Å². The molecule has 0 fully saturated rings. The third-order valence-electron chi connectivity index (χ3n) is 1.27. The van der Waals surface area contributed by atoms with Crippen molar-refractivity contribution in [2.75, 3.05) is 0 Å². The summed E-state index contributed by atoms with van der Waals surface area (Å²) in [5, 5.41) is 0.956. The van der Waals surface area contributed by atoms with Crippen molar-refractivity contribution in [3.05, 3.63) is 28.0 Å². The summed E-state index contributed by atoms with van der Waals surface area (Å²) < 4.78 is 0. The van der Waals surface area contributed by atoms with Crippen LogP contribution in [0.5, 0.6) is 0 Å². The number of halogens is 2. The summed E-state index contributed by atoms with van der Waals surface area (Å²) in [6.45, 7) is 2.02. The lowest BCUT2D eigenvalue weighted by atomic mass is 10.2. The van der Waals surface area contributed by atoms with Gasteiger partial charge in [-0.25, -0.2) is 4.98 Å². The van der Waals surface area contributed by atoms with Crippen LogP contribution in [-0.2, 0) is 6.42 Å². The van der Waals surface area contributed by atoms with Gasteiger partial charge in [0, 0.05) is 0 Å². The molecule has 0 unspecified atom stereocenters. The SMILES string of the molecule is CCc1ccc(Cl)nc1Cl. The molecule has 0 aliphatic rings. The molecule has 0 aliphatic carbocycles. The molecule has 0 N–H and O–H groups in total. The Morgan fingerprint density at radius 1 is 1.40 bits per heavy atom. The van der Waals surface area contributed by atoms with E-state index in [0.717, 1.165) is 12.0 Å². The smallest absolute Gasteiger partial charge is 0.133 e. The Balaban J connectivity index is 3.07. The fraction of sp³-hybridized carbons (Fsp3) is 0.286. The Labute approximate surface area is 70.0 Å². The number of aryl methyl sites for hydroxylation is 1. The zero-order valence-electron chi connectivity index (χ0n) is 5.56. The summed E-state index contributed by atoms with van der Waals surface area (Å²) in [5.74, 6) is 0. The first-order chi connectivity index (χ1) is 4.74. The van der Waals surface area contributed by atoms with Gasteiger partial charge in [0.25, 0.3) is 0 Å². The minimum absolute atomic E-state index is 0.446. The van der Waals surface area contributed by atoms with E-state index in [0.29, 0.717) is 10.3 Å². The number of hydrogen-bond donors (Lipinski definition) is 0. The summed E-state index contributed by atoms with van der Waals surface area (Å²) in [7, 11) is 0. The first-order valence-electron chi connectivity index (χ1n) is 3.05. The fourth-order valence-corrected chi connectivity index (χ4v) is 1.18. The second-order valence-electron chi connectivity index (χ2n) is 1.94. The lowest BCUT2D eigenvalue weighted by Gasteiger charge is -1.97. The van der Waals surface area contributed by atoms with E-state index in [2.05, 4.69) is 4.98 Å². The van der Waals surface area contributed by atoms with Gasteiger partial charge in [0.2, 0.25) is 0 Å². The molecular formula is C7H7Cl2N. The van der Waals surface area contributed by atoms with Crippen molar-refractivity contribution in [3.8, 4) is 0 Å². The summed E-state index contributed by atoms with van der Waals surface area (Å²) in [6.07, 6.45) is 0.892. The van der Waals surface area contributed by atoms with Crippen molar-refractivity contribution in [3.63, 3.8) is 0 Å². The average Bonchev–Trinajstić information content (AvgIpc) is 1.88. The number of hydrogen-bond acceptors (Lipinski definition) is 1. The second kappa shape index (κ2) is 3.22. The van der Waals surface area contributed by atoms with E-state index in [4.69, 9.17) is 23.2 Å². The van der Waals surface area contributed by atoms with Crippen LogP contribution < -0.4 is 0 Å². The molecule has 0 aliphatic heterocycles. The van der Waals surface area contributed by atoms with Gasteiger partial charge in [0.15, 0.2) is 0 Å². The monoisotopic (exact) mass is 175 g/mol. The van der Waals surface area contributed by atoms with E-state index < -0.39 is 0 Å². The van der Waals surface area contributed by atoms with Gasteiger partial charge in [-0.15, -0.1) is 0 Å². The lowest BCUT2D eigenvalue weighted by Crippen LogP contribution is -1.85. The van der Waals surface area contributed by atoms with Gasteiger partial charge < -0.3 is 0 Å². The molecule has 0 spiro atoms. The van der Waals surface area contributed by atoms with E-state index in [9.17, 15) is 0 Å². The maximum Gasteiger partial charge on any atom is 0.133 e. The molecule has 3 heteroatoms. The molecule has 0 amide bonds. The molecule has 1 nitrogen and oxygen atoms in total. The molecule has 0 saturated carbocycles. The zero-order valence-corrected chi connectivity index (χ0v) is 7.08. The molecule has 0 radical (unpaired) electrons. The second-order valence-corrected chi connectivity index (χ2v) is 2.68. The average molecular weight is 176 g/mol. The van der Waals surface area contributed by atoms with Gasteiger partial charge in [-0.05, 0) is 18.1 Å². The summed E-state index contributed by atoms with van der Waals surface area (Å²) in [4.78, 5) is 3.88. The zero-order chi connectivity index (χ0) is 7.56. The van der Waals surface area contributed by atoms with Crippen molar-refractivity contribution in [1.82, 2.24) is 4.98 Å². The van der Waals surface area contributed by atoms with Gasteiger partial charge in [0.05, 0.1) is 0 Å². The molecule has 1 aromatic rings. The number of rotatable bonds is 1. The summed E-state index contributed by atoms with van der Waals surface area (Å²) in [6, 6.07) is 3.63. The quantitative estimate of drug-likeness (QED) is 0.599. The summed E-state index contributed by atoms with van der Waals surface area (Å²) in [5.41, 5.74) is 1.03. The maximum absolute atomic E-state index is 5.73. The fourth-order valence-electron chi connectivity index (χ4n) is 0.705. The van der Waals surface area contributed by atoms with E-state index in [-0.39, 0.29) is 0 Å². The molecular weight excluding hydrogens is 169 g/mol. The van der Waals surface area contributed by atoms with E-state index in [1.165, 1.54) is 0 Å². The molecule has 0 atom stereocenters. The normalized spacial score (nSPS) is 9.90. The van der Waals surface area contributed by atoms with Crippen LogP contribution in [0.15, 0.2) is 12.1 Å². The van der Waals surface area contributed by atoms with Crippen LogP contribution in [0.2, 0.25) is 10.3 Å². The molecule has 10 heavy (non-hydrogen) atoms. The molecule has 1 aromatic heterocycles. The third kappa shape index (κ3) is 1.61. The van der Waals surface area contributed by atoms with Crippen molar-refractivity contribution < 1.29 is 0 Å². The molecule has 1 heterocycles. The topological polar surface area (TPSA) is 12.9 Å². The lowest BCUT2D eigenvalue weighted by molar-refractivity contribution is 1.10. The Hall–Kier alpha value is -0.270. The van der Waals surface area contributed by atoms with Crippen LogP contribution in [0, 0.1) is 0 Å². The first-order valence-corrected chi connectivity index (χ1v) is 3.80. The molecule has 54 valence electrons. The first kappa shape index (κ1) is 7.83. The largest absolute Gasteiger partial charge is 0.224 e. The van der Waals surface area contributed by atoms with Crippen LogP contribution in [0.3, 0.4) is 0 Å². The van der Waals surface area contributed by atoms with Crippen LogP contribution in [0.4, 0.5) is 0 Å². The number of pyridine rings is 1. The van der Waals surface area contributed by atoms with E-state index in [1.54, 1.807) is 6.07 Å². The van der Waals surface area contributed by atoms with E-state index in [1.807, 2.05) is 13.0 Å². The minimum atomic E-state index is 0.446. The van der Waals surface area contributed by atoms with Crippen molar-refractivity contribution in [2.45, 2.75) is 13.3 Å². The van der Waals surface area contributed by atoms with Gasteiger partial charge in [-0.3, -0.25) is 0 Å². The summed E-state index contributed by atoms with van der Waals surface area (Å²) >= 11 is 11.3. The van der Waals surface area contributed by atoms with Gasteiger partial charge in [0.1, 0.15) is 10.3 Å². The van der Waals surface area contributed by atoms with Gasteiger partial charge >= 0.3 is 0 Å². The molecule has 0 aromatic carbocycles. The van der Waals surface area contributed by atoms with E-state index >= 15 is 0 Å². The Morgan fingerprint density at radius 2 is 2.10 bits per heavy atom. The number of aromatic nitrogens is 1. The standard InChI is InChI=1S/C7H7Cl2N/c1-2-5-3-4-6(8)10-7(5)9/h3-4H,2H2,1H3. The van der Waals surface area contributed by atoms with Crippen LogP contribution in [0.1, 0.15) is 12.5 Å². The highest BCUT2D eigenvalue weighted by molar-refractivity contribution is 6.32. The Morgan fingerprint density at radius 3 is 2.60 bits per heavy atom. The molecule has 0 saturated heterocycles. The van der Waals surface area contributed by atoms with Crippen LogP contribution >= 0.6 is 23.2 Å². The van der Waals surface area contributed by atoms with Crippen LogP contribution in [0.25, 0.3) is 0 Å². The van der Waals surface area contributed by atoms with Crippen molar-refractivity contribution in [1.29, 1.82) is 0 Å². The Bertz CT molecular complexity index is 235. The Kier molecular flexibility index (Phi) is 2.52. The predicted molar refractivity (Wildman–Crippen MR) is 43.6 cm³/mol. The highest BCUT2D eigenvalue weighted by Gasteiger charge is 1.98. The minimum Gasteiger partial charge on any atom is -0.224 e. The van der Waals surface area contributed by atoms with Crippen molar-refractivity contribution in [2.24, 2.45) is 0 Å². The maximum atomic E-state index is 5.73. The molecule has 1 rings (SSSR count). The van der Waals surface area contributed by atoms with Crippen molar-refractivity contribution >= 4 is 23.2 Å². The molecule has 0 bridgehead atoms.